The van der Waals surface area contributed by atoms with E-state index in [-0.39, 0.29) is 6.61 Å². The van der Waals surface area contributed by atoms with Crippen LogP contribution >= 0.6 is 0 Å². The molecule has 2 N–H and O–H groups in total. The summed E-state index contributed by atoms with van der Waals surface area (Å²) in [5, 5.41) is 0. The summed E-state index contributed by atoms with van der Waals surface area (Å²) >= 11 is 0. The predicted octanol–water partition coefficient (Wildman–Crippen LogP) is 2.16. The van der Waals surface area contributed by atoms with Crippen LogP contribution in [0.2, 0.25) is 0 Å². The number of ether oxygens (including phenoxy) is 1. The van der Waals surface area contributed by atoms with Gasteiger partial charge in [-0.3, -0.25) is 0 Å². The van der Waals surface area contributed by atoms with Crippen molar-refractivity contribution in [3.8, 4) is 0 Å². The normalized spacial score (nSPS) is 13.2. The molecule has 0 amide bonds. The maximum Gasteiger partial charge on any atom is 0.379 e. The Morgan fingerprint density at radius 2 is 2.06 bits per heavy atom. The number of hydrogen-bond acceptors (Lipinski definition) is 3. The van der Waals surface area contributed by atoms with Gasteiger partial charge in [0.15, 0.2) is 11.6 Å². The van der Waals surface area contributed by atoms with Gasteiger partial charge in [-0.25, -0.2) is 13.6 Å². The molecule has 0 saturated heterocycles. The fourth-order valence-electron chi connectivity index (χ4n) is 1.31. The molecule has 0 bridgehead atoms. The number of carbonyl (C=O) groups is 1. The minimum Gasteiger partial charge on any atom is -0.462 e. The van der Waals surface area contributed by atoms with E-state index < -0.39 is 35.1 Å². The molecule has 7 heteroatoms. The van der Waals surface area contributed by atoms with Gasteiger partial charge in [-0.2, -0.15) is 8.78 Å². The van der Waals surface area contributed by atoms with Crippen LogP contribution in [-0.2, 0) is 9.53 Å². The predicted molar refractivity (Wildman–Crippen MR) is 54.9 cm³/mol. The van der Waals surface area contributed by atoms with Crippen LogP contribution in [-0.4, -0.2) is 18.5 Å². The highest BCUT2D eigenvalue weighted by Crippen LogP contribution is 2.32. The molecule has 3 nitrogen and oxygen atoms in total. The van der Waals surface area contributed by atoms with Crippen molar-refractivity contribution in [3.05, 3.63) is 35.4 Å². The molecular weight excluding hydrogens is 254 g/mol. The Hall–Kier alpha value is -1.63. The highest BCUT2D eigenvalue weighted by atomic mass is 19.3. The zero-order valence-electron chi connectivity index (χ0n) is 9.42. The van der Waals surface area contributed by atoms with E-state index in [1.165, 1.54) is 6.92 Å². The molecule has 0 aliphatic heterocycles. The Kier molecular flexibility index (Phi) is 4.28. The van der Waals surface area contributed by atoms with Crippen molar-refractivity contribution in [3.63, 3.8) is 0 Å². The fourth-order valence-corrected chi connectivity index (χ4v) is 1.31. The summed E-state index contributed by atoms with van der Waals surface area (Å²) in [5.41, 5.74) is 4.33. The second kappa shape index (κ2) is 5.34. The summed E-state index contributed by atoms with van der Waals surface area (Å²) in [5.74, 6) is -8.83. The Morgan fingerprint density at radius 1 is 1.44 bits per heavy atom. The van der Waals surface area contributed by atoms with E-state index in [1.54, 1.807) is 0 Å². The number of alkyl halides is 2. The van der Waals surface area contributed by atoms with Gasteiger partial charge in [0.1, 0.15) is 6.04 Å². The second-order valence-electron chi connectivity index (χ2n) is 3.46. The number of esters is 1. The summed E-state index contributed by atoms with van der Waals surface area (Å²) in [6, 6.07) is 0.353. The molecule has 0 heterocycles. The lowest BCUT2D eigenvalue weighted by atomic mass is 10.0. The Morgan fingerprint density at radius 3 is 2.61 bits per heavy atom. The topological polar surface area (TPSA) is 52.3 Å². The summed E-state index contributed by atoms with van der Waals surface area (Å²) in [7, 11) is 0. The molecule has 0 radical (unpaired) electrons. The van der Waals surface area contributed by atoms with Gasteiger partial charge in [0, 0.05) is 5.56 Å². The molecule has 0 aromatic heterocycles. The standard InChI is InChI=1S/C11H11F4NO2/c1-2-18-10(17)11(14,15)9(16)6-4-3-5-7(12)8(6)13/h3-5,9H,2,16H2,1H3/t9-/m0/s1. The van der Waals surface area contributed by atoms with E-state index in [1.807, 2.05) is 0 Å². The van der Waals surface area contributed by atoms with E-state index in [9.17, 15) is 22.4 Å². The minimum absolute atomic E-state index is 0.271. The SMILES string of the molecule is CCOC(=O)C(F)(F)[C@@H](N)c1cccc(F)c1F. The van der Waals surface area contributed by atoms with Gasteiger partial charge < -0.3 is 10.5 Å². The van der Waals surface area contributed by atoms with Crippen molar-refractivity contribution in [2.75, 3.05) is 6.61 Å². The van der Waals surface area contributed by atoms with Gasteiger partial charge in [-0.15, -0.1) is 0 Å². The molecule has 0 fully saturated rings. The quantitative estimate of drug-likeness (QED) is 0.670. The van der Waals surface area contributed by atoms with Crippen LogP contribution < -0.4 is 5.73 Å². The highest BCUT2D eigenvalue weighted by Gasteiger charge is 2.48. The third kappa shape index (κ3) is 2.61. The third-order valence-electron chi connectivity index (χ3n) is 2.25. The molecule has 0 spiro atoms. The van der Waals surface area contributed by atoms with Crippen molar-refractivity contribution in [1.29, 1.82) is 0 Å². The van der Waals surface area contributed by atoms with Gasteiger partial charge in [0.2, 0.25) is 0 Å². The average molecular weight is 265 g/mol. The van der Waals surface area contributed by atoms with Crippen LogP contribution in [0.15, 0.2) is 18.2 Å². The maximum atomic E-state index is 13.5. The van der Waals surface area contributed by atoms with E-state index in [4.69, 9.17) is 5.73 Å². The highest BCUT2D eigenvalue weighted by molar-refractivity contribution is 5.78. The summed E-state index contributed by atoms with van der Waals surface area (Å²) in [6.07, 6.45) is 0. The lowest BCUT2D eigenvalue weighted by Crippen LogP contribution is -2.42. The number of carbonyl (C=O) groups excluding carboxylic acids is 1. The monoisotopic (exact) mass is 265 g/mol. The molecule has 1 rings (SSSR count). The zero-order chi connectivity index (χ0) is 13.9. The second-order valence-corrected chi connectivity index (χ2v) is 3.46. The molecule has 100 valence electrons. The maximum absolute atomic E-state index is 13.5. The Labute approximate surface area is 101 Å². The summed E-state index contributed by atoms with van der Waals surface area (Å²) in [4.78, 5) is 11.0. The first-order valence-corrected chi connectivity index (χ1v) is 5.06. The average Bonchev–Trinajstić information content (AvgIpc) is 2.32. The van der Waals surface area contributed by atoms with Gasteiger partial charge in [-0.1, -0.05) is 12.1 Å². The summed E-state index contributed by atoms with van der Waals surface area (Å²) < 4.78 is 57.3. The van der Waals surface area contributed by atoms with Crippen molar-refractivity contribution < 1.29 is 27.1 Å². The fraction of sp³-hybridized carbons (Fsp3) is 0.364. The van der Waals surface area contributed by atoms with Gasteiger partial charge in [0.25, 0.3) is 0 Å². The van der Waals surface area contributed by atoms with E-state index in [2.05, 4.69) is 4.74 Å². The van der Waals surface area contributed by atoms with Gasteiger partial charge in [0.05, 0.1) is 6.61 Å². The largest absolute Gasteiger partial charge is 0.462 e. The van der Waals surface area contributed by atoms with Crippen LogP contribution in [0.3, 0.4) is 0 Å². The minimum atomic E-state index is -4.13. The van der Waals surface area contributed by atoms with E-state index in [0.29, 0.717) is 0 Å². The molecule has 0 unspecified atom stereocenters. The van der Waals surface area contributed by atoms with Crippen LogP contribution in [0.25, 0.3) is 0 Å². The molecule has 1 aromatic carbocycles. The number of halogens is 4. The first-order valence-electron chi connectivity index (χ1n) is 5.06. The number of nitrogens with two attached hydrogens (primary N) is 1. The molecule has 1 aromatic rings. The molecule has 0 saturated carbocycles. The molecular formula is C11H11F4NO2. The van der Waals surface area contributed by atoms with Crippen LogP contribution in [0.5, 0.6) is 0 Å². The molecule has 18 heavy (non-hydrogen) atoms. The zero-order valence-corrected chi connectivity index (χ0v) is 9.42. The van der Waals surface area contributed by atoms with Crippen molar-refractivity contribution >= 4 is 5.97 Å². The lowest BCUT2D eigenvalue weighted by Gasteiger charge is -2.22. The first-order chi connectivity index (χ1) is 8.32. The van der Waals surface area contributed by atoms with Crippen molar-refractivity contribution in [1.82, 2.24) is 0 Å². The van der Waals surface area contributed by atoms with Crippen molar-refractivity contribution in [2.24, 2.45) is 5.73 Å². The van der Waals surface area contributed by atoms with Crippen LogP contribution in [0.4, 0.5) is 17.6 Å². The summed E-state index contributed by atoms with van der Waals surface area (Å²) in [6.45, 7) is 1.06. The molecule has 0 aliphatic carbocycles. The lowest BCUT2D eigenvalue weighted by molar-refractivity contribution is -0.174. The molecule has 1 atom stereocenters. The van der Waals surface area contributed by atoms with Gasteiger partial charge in [-0.05, 0) is 13.0 Å². The Balaban J connectivity index is 3.09. The van der Waals surface area contributed by atoms with Gasteiger partial charge >= 0.3 is 11.9 Å². The van der Waals surface area contributed by atoms with E-state index >= 15 is 0 Å². The van der Waals surface area contributed by atoms with Crippen molar-refractivity contribution in [2.45, 2.75) is 18.9 Å². The third-order valence-corrected chi connectivity index (χ3v) is 2.25. The Bertz CT molecular complexity index is 451. The van der Waals surface area contributed by atoms with Crippen LogP contribution in [0, 0.1) is 11.6 Å². The number of rotatable bonds is 4. The first kappa shape index (κ1) is 14.4. The number of hydrogen-bond donors (Lipinski definition) is 1. The smallest absolute Gasteiger partial charge is 0.379 e. The molecule has 0 aliphatic rings. The van der Waals surface area contributed by atoms with Crippen LogP contribution in [0.1, 0.15) is 18.5 Å². The van der Waals surface area contributed by atoms with E-state index in [0.717, 1.165) is 18.2 Å². The number of benzene rings is 1.